The Kier molecular flexibility index (Phi) is 4.44. The van der Waals surface area contributed by atoms with Crippen molar-refractivity contribution in [1.29, 1.82) is 0 Å². The Morgan fingerprint density at radius 2 is 1.89 bits per heavy atom. The molecule has 1 aliphatic rings. The fraction of sp³-hybridized carbons (Fsp3) is 0.900. The minimum atomic E-state index is -4.54. The molecule has 1 rings (SSSR count). The van der Waals surface area contributed by atoms with E-state index in [1.54, 1.807) is 42.5 Å². The molecule has 0 amide bonds. The van der Waals surface area contributed by atoms with Crippen LogP contribution in [0, 0.1) is 0 Å². The van der Waals surface area contributed by atoms with Crippen LogP contribution in [0.2, 0.25) is 19.6 Å². The summed E-state index contributed by atoms with van der Waals surface area (Å²) in [6.45, 7) is 6.52. The molecule has 0 bridgehead atoms. The molecule has 1 heterocycles. The lowest BCUT2D eigenvalue weighted by Gasteiger charge is -2.40. The predicted octanol–water partition coefficient (Wildman–Crippen LogP) is 4.34. The Bertz CT molecular complexity index is 381. The van der Waals surface area contributed by atoms with Crippen molar-refractivity contribution in [2.24, 2.45) is 5.16 Å². The summed E-state index contributed by atoms with van der Waals surface area (Å²) in [5, 5.41) is 3.45. The number of oxime groups is 1. The average molecular weight is 366 g/mol. The smallest absolute Gasteiger partial charge is 0.375 e. The first-order valence-electron chi connectivity index (χ1n) is 5.73. The molecule has 0 N–H and O–H groups in total. The van der Waals surface area contributed by atoms with Gasteiger partial charge in [-0.25, -0.2) is 0 Å². The van der Waals surface area contributed by atoms with Crippen LogP contribution in [0.25, 0.3) is 0 Å². The van der Waals surface area contributed by atoms with Crippen molar-refractivity contribution in [3.8, 4) is 0 Å². The van der Waals surface area contributed by atoms with Gasteiger partial charge in [-0.05, 0) is 42.0 Å². The van der Waals surface area contributed by atoms with E-state index in [4.69, 9.17) is 4.43 Å². The highest BCUT2D eigenvalue weighted by molar-refractivity contribution is 9.10. The summed E-state index contributed by atoms with van der Waals surface area (Å²) in [7, 11) is -2.56. The van der Waals surface area contributed by atoms with Gasteiger partial charge < -0.3 is 9.26 Å². The van der Waals surface area contributed by atoms with Crippen molar-refractivity contribution in [3.05, 3.63) is 0 Å². The molecule has 0 radical (unpaired) electrons. The Morgan fingerprint density at radius 3 is 2.21 bits per heavy atom. The quantitative estimate of drug-likeness (QED) is 0.412. The molecule has 112 valence electrons. The van der Waals surface area contributed by atoms with E-state index >= 15 is 0 Å². The highest BCUT2D eigenvalue weighted by Crippen LogP contribution is 2.52. The van der Waals surface area contributed by atoms with Gasteiger partial charge in [-0.1, -0.05) is 12.1 Å². The molecular weight excluding hydrogens is 350 g/mol. The Labute approximate surface area is 118 Å². The topological polar surface area (TPSA) is 30.8 Å². The van der Waals surface area contributed by atoms with E-state index in [-0.39, 0.29) is 5.71 Å². The summed E-state index contributed by atoms with van der Waals surface area (Å²) in [5.74, 6) is -7.28. The Morgan fingerprint density at radius 1 is 1.37 bits per heavy atom. The highest BCUT2D eigenvalue weighted by Gasteiger charge is 2.73. The number of halogens is 5. The zero-order valence-electron chi connectivity index (χ0n) is 11.1. The summed E-state index contributed by atoms with van der Waals surface area (Å²) in [4.78, 5) is 0.206. The van der Waals surface area contributed by atoms with Crippen LogP contribution in [0.4, 0.5) is 17.6 Å². The van der Waals surface area contributed by atoms with Gasteiger partial charge >= 0.3 is 16.5 Å². The average Bonchev–Trinajstić information content (AvgIpc) is 2.58. The van der Waals surface area contributed by atoms with E-state index in [0.717, 1.165) is 0 Å². The zero-order valence-corrected chi connectivity index (χ0v) is 13.7. The van der Waals surface area contributed by atoms with Crippen LogP contribution in [0.5, 0.6) is 0 Å². The van der Waals surface area contributed by atoms with Crippen LogP contribution in [0.15, 0.2) is 5.16 Å². The largest absolute Gasteiger partial charge is 0.385 e. The van der Waals surface area contributed by atoms with E-state index in [2.05, 4.69) is 9.99 Å². The first-order valence-corrected chi connectivity index (χ1v) is 9.93. The molecule has 3 nitrogen and oxygen atoms in total. The van der Waals surface area contributed by atoms with Crippen LogP contribution < -0.4 is 0 Å². The minimum Gasteiger partial charge on any atom is -0.375 e. The molecule has 1 unspecified atom stereocenters. The second-order valence-corrected chi connectivity index (χ2v) is 10.7. The molecule has 0 aromatic heterocycles. The molecule has 0 aromatic carbocycles. The van der Waals surface area contributed by atoms with Crippen molar-refractivity contribution in [1.82, 2.24) is 0 Å². The third-order valence-corrected chi connectivity index (χ3v) is 3.91. The van der Waals surface area contributed by atoms with Gasteiger partial charge in [0.2, 0.25) is 0 Å². The van der Waals surface area contributed by atoms with E-state index < -0.39 is 31.3 Å². The summed E-state index contributed by atoms with van der Waals surface area (Å²) in [6, 6.07) is 0. The SMILES string of the molecule is CCC1=NOC(O[Si](C)(C)C)(C(F)(F)C(F)(F)Br)C1. The lowest BCUT2D eigenvalue weighted by Crippen LogP contribution is -2.61. The van der Waals surface area contributed by atoms with Gasteiger partial charge in [0.1, 0.15) is 0 Å². The number of hydrogen-bond acceptors (Lipinski definition) is 3. The summed E-state index contributed by atoms with van der Waals surface area (Å²) >= 11 is 1.72. The van der Waals surface area contributed by atoms with Gasteiger partial charge in [-0.15, -0.1) is 0 Å². The van der Waals surface area contributed by atoms with Gasteiger partial charge in [-0.3, -0.25) is 0 Å². The van der Waals surface area contributed by atoms with Gasteiger partial charge in [0.15, 0.2) is 8.32 Å². The van der Waals surface area contributed by atoms with Crippen LogP contribution in [-0.2, 0) is 9.26 Å². The molecule has 0 aromatic rings. The van der Waals surface area contributed by atoms with Crippen molar-refractivity contribution < 1.29 is 26.8 Å². The first kappa shape index (κ1) is 16.9. The Hall–Kier alpha value is -0.153. The number of rotatable bonds is 5. The van der Waals surface area contributed by atoms with Crippen molar-refractivity contribution in [2.75, 3.05) is 0 Å². The third-order valence-electron chi connectivity index (χ3n) is 2.47. The monoisotopic (exact) mass is 365 g/mol. The first-order chi connectivity index (χ1) is 8.35. The summed E-state index contributed by atoms with van der Waals surface area (Å²) in [5.41, 5.74) is 0.273. The summed E-state index contributed by atoms with van der Waals surface area (Å²) in [6.07, 6.45) is -0.136. The maximum atomic E-state index is 14.0. The lowest BCUT2D eigenvalue weighted by molar-refractivity contribution is -0.335. The van der Waals surface area contributed by atoms with Crippen LogP contribution >= 0.6 is 15.9 Å². The lowest BCUT2D eigenvalue weighted by atomic mass is 10.0. The highest BCUT2D eigenvalue weighted by atomic mass is 79.9. The molecule has 0 saturated carbocycles. The molecule has 0 aliphatic carbocycles. The van der Waals surface area contributed by atoms with Crippen molar-refractivity contribution in [2.45, 2.75) is 55.9 Å². The standard InChI is InChI=1S/C10H16BrF4NO2Si/c1-5-7-6-8(17-16-7,18-19(2,3)4)9(12,13)10(11,14)15/h5-6H2,1-4H3. The minimum absolute atomic E-state index is 0.273. The number of hydrogen-bond donors (Lipinski definition) is 0. The molecule has 19 heavy (non-hydrogen) atoms. The molecule has 9 heteroatoms. The normalized spacial score (nSPS) is 25.2. The molecule has 0 saturated heterocycles. The van der Waals surface area contributed by atoms with E-state index in [0.29, 0.717) is 6.42 Å². The number of alkyl halides is 5. The maximum Gasteiger partial charge on any atom is 0.385 e. The van der Waals surface area contributed by atoms with Crippen LogP contribution in [-0.4, -0.2) is 30.6 Å². The van der Waals surface area contributed by atoms with Crippen LogP contribution in [0.3, 0.4) is 0 Å². The molecule has 1 aliphatic heterocycles. The van der Waals surface area contributed by atoms with Crippen molar-refractivity contribution in [3.63, 3.8) is 0 Å². The van der Waals surface area contributed by atoms with Crippen LogP contribution in [0.1, 0.15) is 19.8 Å². The van der Waals surface area contributed by atoms with Gasteiger partial charge in [0.25, 0.3) is 0 Å². The predicted molar refractivity (Wildman–Crippen MR) is 69.4 cm³/mol. The van der Waals surface area contributed by atoms with Gasteiger partial charge in [0, 0.05) is 0 Å². The third kappa shape index (κ3) is 3.30. The molecule has 0 spiro atoms. The van der Waals surface area contributed by atoms with E-state index in [1.165, 1.54) is 0 Å². The second kappa shape index (κ2) is 4.99. The second-order valence-electron chi connectivity index (χ2n) is 5.32. The fourth-order valence-corrected chi connectivity index (χ4v) is 3.19. The van der Waals surface area contributed by atoms with Gasteiger partial charge in [-0.2, -0.15) is 17.6 Å². The number of nitrogens with zero attached hydrogens (tertiary/aromatic N) is 1. The fourth-order valence-electron chi connectivity index (χ4n) is 1.66. The Balaban J connectivity index is 3.16. The summed E-state index contributed by atoms with van der Waals surface area (Å²) < 4.78 is 59.7. The zero-order chi connectivity index (χ0) is 15.1. The van der Waals surface area contributed by atoms with E-state index in [1.807, 2.05) is 0 Å². The van der Waals surface area contributed by atoms with E-state index in [9.17, 15) is 17.6 Å². The molecule has 1 atom stereocenters. The maximum absolute atomic E-state index is 14.0. The molecular formula is C10H16BrF4NO2Si. The van der Waals surface area contributed by atoms with Gasteiger partial charge in [0.05, 0.1) is 12.1 Å². The van der Waals surface area contributed by atoms with Crippen molar-refractivity contribution >= 4 is 30.0 Å². The molecule has 0 fully saturated rings.